The van der Waals surface area contributed by atoms with Crippen LogP contribution in [0.2, 0.25) is 0 Å². The van der Waals surface area contributed by atoms with Crippen molar-refractivity contribution in [3.8, 4) is 0 Å². The van der Waals surface area contributed by atoms with Crippen LogP contribution in [0.25, 0.3) is 0 Å². The maximum absolute atomic E-state index is 7.23. The van der Waals surface area contributed by atoms with Gasteiger partial charge >= 0.3 is 0 Å². The summed E-state index contributed by atoms with van der Waals surface area (Å²) >= 11 is 0. The van der Waals surface area contributed by atoms with Crippen LogP contribution in [0.4, 0.5) is 0 Å². The van der Waals surface area contributed by atoms with E-state index in [9.17, 15) is 0 Å². The molecule has 0 spiro atoms. The average Bonchev–Trinajstić information content (AvgIpc) is 1.63. The van der Waals surface area contributed by atoms with Gasteiger partial charge in [-0.1, -0.05) is 0 Å². The van der Waals surface area contributed by atoms with Gasteiger partial charge in [0.15, 0.2) is 0 Å². The van der Waals surface area contributed by atoms with Gasteiger partial charge in [0, 0.05) is 5.75 Å². The molecular formula is C6H16N2S. The lowest BCUT2D eigenvalue weighted by molar-refractivity contribution is 0.410. The van der Waals surface area contributed by atoms with E-state index >= 15 is 0 Å². The highest BCUT2D eigenvalue weighted by molar-refractivity contribution is 7.85. The molecule has 0 aromatic carbocycles. The van der Waals surface area contributed by atoms with Gasteiger partial charge in [-0.15, -0.1) is 10.7 Å². The quantitative estimate of drug-likeness (QED) is 0.631. The summed E-state index contributed by atoms with van der Waals surface area (Å²) in [5, 5.41) is 0. The molecule has 56 valence electrons. The number of hydrogen-bond donors (Lipinski definition) is 1. The minimum atomic E-state index is -0.109. The van der Waals surface area contributed by atoms with E-state index in [2.05, 4.69) is 19.0 Å². The smallest absolute Gasteiger partial charge is 0.00479 e. The van der Waals surface area contributed by atoms with Crippen molar-refractivity contribution < 1.29 is 0 Å². The van der Waals surface area contributed by atoms with Crippen LogP contribution in [0.3, 0.4) is 0 Å². The van der Waals surface area contributed by atoms with Crippen molar-refractivity contribution >= 4 is 10.7 Å². The second kappa shape index (κ2) is 4.94. The molecule has 0 radical (unpaired) electrons. The first kappa shape index (κ1) is 9.11. The Morgan fingerprint density at radius 3 is 2.33 bits per heavy atom. The second-order valence-electron chi connectivity index (χ2n) is 2.50. The Balaban J connectivity index is 3.01. The fourth-order valence-electron chi connectivity index (χ4n) is 0.597. The molecule has 9 heavy (non-hydrogen) atoms. The van der Waals surface area contributed by atoms with Crippen molar-refractivity contribution in [3.05, 3.63) is 0 Å². The summed E-state index contributed by atoms with van der Waals surface area (Å²) in [7, 11) is 4.03. The Bertz CT molecular complexity index is 91.1. The van der Waals surface area contributed by atoms with Crippen molar-refractivity contribution in [2.45, 2.75) is 6.42 Å². The van der Waals surface area contributed by atoms with Gasteiger partial charge in [0.2, 0.25) is 0 Å². The standard InChI is InChI=1S/C6H16N2S/c1-8(2)5-4-6-9(3)7/h7H,4-6H2,1-3H3. The molecule has 1 N–H and O–H groups in total. The van der Waals surface area contributed by atoms with Crippen LogP contribution in [0.1, 0.15) is 6.42 Å². The summed E-state index contributed by atoms with van der Waals surface area (Å²) in [6.45, 7) is 1.12. The maximum atomic E-state index is 7.23. The predicted molar refractivity (Wildman–Crippen MR) is 44.0 cm³/mol. The Labute approximate surface area is 60.1 Å². The van der Waals surface area contributed by atoms with Gasteiger partial charge in [0.1, 0.15) is 0 Å². The van der Waals surface area contributed by atoms with Crippen LogP contribution in [0, 0.1) is 4.78 Å². The van der Waals surface area contributed by atoms with Crippen molar-refractivity contribution in [1.82, 2.24) is 4.90 Å². The van der Waals surface area contributed by atoms with E-state index < -0.39 is 0 Å². The third kappa shape index (κ3) is 8.11. The monoisotopic (exact) mass is 148 g/mol. The van der Waals surface area contributed by atoms with Crippen molar-refractivity contribution in [2.75, 3.05) is 32.6 Å². The van der Waals surface area contributed by atoms with Crippen molar-refractivity contribution in [3.63, 3.8) is 0 Å². The summed E-state index contributed by atoms with van der Waals surface area (Å²) in [5.74, 6) is 1.05. The zero-order chi connectivity index (χ0) is 7.28. The van der Waals surface area contributed by atoms with Gasteiger partial charge in [-0.3, -0.25) is 4.78 Å². The minimum Gasteiger partial charge on any atom is -0.309 e. The lowest BCUT2D eigenvalue weighted by Gasteiger charge is -2.07. The first-order valence-corrected chi connectivity index (χ1v) is 4.91. The highest BCUT2D eigenvalue weighted by Crippen LogP contribution is 1.86. The number of nitrogens with one attached hydrogen (secondary N) is 1. The summed E-state index contributed by atoms with van der Waals surface area (Å²) < 4.78 is 7.23. The largest absolute Gasteiger partial charge is 0.309 e. The molecule has 0 rings (SSSR count). The average molecular weight is 148 g/mol. The third-order valence-electron chi connectivity index (χ3n) is 1.06. The van der Waals surface area contributed by atoms with Crippen molar-refractivity contribution in [1.29, 1.82) is 4.78 Å². The van der Waals surface area contributed by atoms with Crippen LogP contribution in [-0.2, 0) is 10.7 Å². The summed E-state index contributed by atoms with van der Waals surface area (Å²) in [4.78, 5) is 2.16. The van der Waals surface area contributed by atoms with Crippen LogP contribution in [0.5, 0.6) is 0 Å². The molecule has 0 fully saturated rings. The lowest BCUT2D eigenvalue weighted by atomic mass is 10.5. The molecule has 2 nitrogen and oxygen atoms in total. The molecule has 0 aromatic heterocycles. The van der Waals surface area contributed by atoms with Gasteiger partial charge in [-0.25, -0.2) is 0 Å². The molecule has 0 aromatic rings. The minimum absolute atomic E-state index is 0.109. The van der Waals surface area contributed by atoms with Crippen LogP contribution < -0.4 is 0 Å². The van der Waals surface area contributed by atoms with Crippen LogP contribution >= 0.6 is 0 Å². The molecular weight excluding hydrogens is 132 g/mol. The normalized spacial score (nSPS) is 14.2. The van der Waals surface area contributed by atoms with Gasteiger partial charge in [0.25, 0.3) is 0 Å². The molecule has 0 aliphatic carbocycles. The Hall–Kier alpha value is 0.110. The van der Waals surface area contributed by atoms with Crippen LogP contribution in [0.15, 0.2) is 0 Å². The molecule has 0 bridgehead atoms. The summed E-state index contributed by atoms with van der Waals surface area (Å²) in [6.07, 6.45) is 3.13. The molecule has 0 saturated carbocycles. The second-order valence-corrected chi connectivity index (χ2v) is 4.18. The fraction of sp³-hybridized carbons (Fsp3) is 1.00. The fourth-order valence-corrected chi connectivity index (χ4v) is 1.16. The highest BCUT2D eigenvalue weighted by atomic mass is 32.2. The van der Waals surface area contributed by atoms with E-state index in [1.54, 1.807) is 0 Å². The highest BCUT2D eigenvalue weighted by Gasteiger charge is 1.89. The molecule has 0 amide bonds. The molecule has 0 saturated heterocycles. The Morgan fingerprint density at radius 1 is 1.44 bits per heavy atom. The van der Waals surface area contributed by atoms with Crippen molar-refractivity contribution in [2.24, 2.45) is 0 Å². The summed E-state index contributed by atoms with van der Waals surface area (Å²) in [5.41, 5.74) is 0. The molecule has 1 atom stereocenters. The van der Waals surface area contributed by atoms with Gasteiger partial charge in [0.05, 0.1) is 0 Å². The van der Waals surface area contributed by atoms with E-state index in [0.717, 1.165) is 18.7 Å². The molecule has 1 unspecified atom stereocenters. The first-order valence-electron chi connectivity index (χ1n) is 3.11. The van der Waals surface area contributed by atoms with E-state index in [1.807, 2.05) is 6.26 Å². The molecule has 0 heterocycles. The number of hydrogen-bond acceptors (Lipinski definition) is 2. The predicted octanol–water partition coefficient (Wildman–Crippen LogP) is 0.949. The number of nitrogens with zero attached hydrogens (tertiary/aromatic N) is 1. The number of rotatable bonds is 4. The van der Waals surface area contributed by atoms with Gasteiger partial charge in [-0.2, -0.15) is 0 Å². The third-order valence-corrected chi connectivity index (χ3v) is 1.96. The first-order chi connectivity index (χ1) is 4.13. The zero-order valence-corrected chi connectivity index (χ0v) is 7.29. The zero-order valence-electron chi connectivity index (χ0n) is 6.48. The Kier molecular flexibility index (Phi) is 5.00. The summed E-state index contributed by atoms with van der Waals surface area (Å²) in [6, 6.07) is 0. The topological polar surface area (TPSA) is 27.1 Å². The van der Waals surface area contributed by atoms with E-state index in [1.165, 1.54) is 0 Å². The lowest BCUT2D eigenvalue weighted by Crippen LogP contribution is -2.14. The molecule has 0 aliphatic rings. The Morgan fingerprint density at radius 2 is 2.00 bits per heavy atom. The van der Waals surface area contributed by atoms with Gasteiger partial charge < -0.3 is 4.90 Å². The van der Waals surface area contributed by atoms with Gasteiger partial charge in [-0.05, 0) is 33.3 Å². The van der Waals surface area contributed by atoms with Crippen LogP contribution in [-0.4, -0.2) is 37.5 Å². The van der Waals surface area contributed by atoms with E-state index in [4.69, 9.17) is 4.78 Å². The molecule has 3 heteroatoms. The van der Waals surface area contributed by atoms with E-state index in [0.29, 0.717) is 0 Å². The SMILES string of the molecule is CN(C)CCCS(C)=N. The maximum Gasteiger partial charge on any atom is 0.00479 e. The van der Waals surface area contributed by atoms with E-state index in [-0.39, 0.29) is 10.7 Å². The molecule has 0 aliphatic heterocycles.